The third-order valence-electron chi connectivity index (χ3n) is 5.61. The molecule has 0 aliphatic carbocycles. The lowest BCUT2D eigenvalue weighted by Crippen LogP contribution is -2.33. The number of carbonyl (C=O) groups is 1. The molecule has 2 aromatic carbocycles. The van der Waals surface area contributed by atoms with Gasteiger partial charge in [-0.2, -0.15) is 0 Å². The van der Waals surface area contributed by atoms with Crippen molar-refractivity contribution in [3.8, 4) is 23.0 Å². The second-order valence-electron chi connectivity index (χ2n) is 7.62. The van der Waals surface area contributed by atoms with Gasteiger partial charge in [-0.25, -0.2) is 0 Å². The molecular weight excluding hydrogens is 420 g/mol. The summed E-state index contributed by atoms with van der Waals surface area (Å²) in [5.41, 5.74) is 1.66. The molecule has 1 atom stereocenters. The van der Waals surface area contributed by atoms with E-state index in [4.69, 9.17) is 30.5 Å². The zero-order valence-electron chi connectivity index (χ0n) is 17.8. The van der Waals surface area contributed by atoms with E-state index in [0.29, 0.717) is 35.4 Å². The van der Waals surface area contributed by atoms with Gasteiger partial charge in [-0.1, -0.05) is 17.7 Å². The Balaban J connectivity index is 1.46. The fraction of sp³-hybridized carbons (Fsp3) is 0.435. The van der Waals surface area contributed by atoms with Crippen LogP contribution in [-0.4, -0.2) is 51.3 Å². The monoisotopic (exact) mass is 446 g/mol. The van der Waals surface area contributed by atoms with Gasteiger partial charge in [0.2, 0.25) is 5.91 Å². The van der Waals surface area contributed by atoms with Crippen LogP contribution in [0.5, 0.6) is 23.0 Å². The van der Waals surface area contributed by atoms with Gasteiger partial charge < -0.3 is 24.3 Å². The lowest BCUT2D eigenvalue weighted by Gasteiger charge is -2.25. The zero-order chi connectivity index (χ0) is 21.8. The lowest BCUT2D eigenvalue weighted by molar-refractivity contribution is -0.117. The minimum absolute atomic E-state index is 0.124. The number of methoxy groups -OCH3 is 2. The number of ether oxygens (including phenoxy) is 4. The number of nitrogens with zero attached hydrogens (tertiary/aromatic N) is 1. The van der Waals surface area contributed by atoms with Gasteiger partial charge in [-0.05, 0) is 43.1 Å². The average molecular weight is 447 g/mol. The third kappa shape index (κ3) is 4.83. The quantitative estimate of drug-likeness (QED) is 0.713. The van der Waals surface area contributed by atoms with E-state index in [2.05, 4.69) is 16.3 Å². The van der Waals surface area contributed by atoms with Crippen LogP contribution in [0.3, 0.4) is 0 Å². The zero-order valence-corrected chi connectivity index (χ0v) is 18.5. The van der Waals surface area contributed by atoms with Crippen molar-refractivity contribution in [2.24, 2.45) is 0 Å². The molecule has 4 rings (SSSR count). The molecule has 1 fully saturated rings. The fourth-order valence-electron chi connectivity index (χ4n) is 4.11. The maximum Gasteiger partial charge on any atom is 0.238 e. The van der Waals surface area contributed by atoms with Crippen molar-refractivity contribution < 1.29 is 23.7 Å². The van der Waals surface area contributed by atoms with Crippen LogP contribution < -0.4 is 24.3 Å². The molecule has 0 bridgehead atoms. The van der Waals surface area contributed by atoms with Gasteiger partial charge in [0.25, 0.3) is 0 Å². The molecule has 0 radical (unpaired) electrons. The Kier molecular flexibility index (Phi) is 6.73. The average Bonchev–Trinajstić information content (AvgIpc) is 3.09. The van der Waals surface area contributed by atoms with Crippen molar-refractivity contribution in [3.63, 3.8) is 0 Å². The Morgan fingerprint density at radius 1 is 1.10 bits per heavy atom. The molecule has 1 saturated heterocycles. The van der Waals surface area contributed by atoms with E-state index in [0.717, 1.165) is 42.9 Å². The molecule has 31 heavy (non-hydrogen) atoms. The largest absolute Gasteiger partial charge is 0.495 e. The summed E-state index contributed by atoms with van der Waals surface area (Å²) < 4.78 is 22.2. The first-order chi connectivity index (χ1) is 15.1. The molecule has 7 nitrogen and oxygen atoms in total. The maximum absolute atomic E-state index is 12.8. The molecule has 2 heterocycles. The summed E-state index contributed by atoms with van der Waals surface area (Å²) in [5.74, 6) is 2.43. The highest BCUT2D eigenvalue weighted by atomic mass is 35.5. The SMILES string of the molecule is COc1cc(OC)c(NC(=O)CN2CCC[C@H]2c2ccc3c(c2)OCCCO3)cc1Cl. The first-order valence-electron chi connectivity index (χ1n) is 10.4. The Morgan fingerprint density at radius 2 is 1.87 bits per heavy atom. The topological polar surface area (TPSA) is 69.3 Å². The predicted molar refractivity (Wildman–Crippen MR) is 119 cm³/mol. The smallest absolute Gasteiger partial charge is 0.238 e. The summed E-state index contributed by atoms with van der Waals surface area (Å²) in [6.45, 7) is 2.44. The molecule has 166 valence electrons. The van der Waals surface area contributed by atoms with Gasteiger partial charge in [-0.15, -0.1) is 0 Å². The summed E-state index contributed by atoms with van der Waals surface area (Å²) in [6, 6.07) is 9.55. The number of rotatable bonds is 6. The molecule has 1 amide bonds. The number of hydrogen-bond acceptors (Lipinski definition) is 6. The summed E-state index contributed by atoms with van der Waals surface area (Å²) in [4.78, 5) is 15.0. The minimum Gasteiger partial charge on any atom is -0.495 e. The van der Waals surface area contributed by atoms with Crippen molar-refractivity contribution in [1.82, 2.24) is 4.90 Å². The first kappa shape index (κ1) is 21.6. The van der Waals surface area contributed by atoms with E-state index < -0.39 is 0 Å². The summed E-state index contributed by atoms with van der Waals surface area (Å²) >= 11 is 6.22. The van der Waals surface area contributed by atoms with Crippen molar-refractivity contribution in [1.29, 1.82) is 0 Å². The van der Waals surface area contributed by atoms with Crippen LogP contribution in [0.15, 0.2) is 30.3 Å². The van der Waals surface area contributed by atoms with Gasteiger partial charge in [-0.3, -0.25) is 9.69 Å². The third-order valence-corrected chi connectivity index (χ3v) is 5.91. The van der Waals surface area contributed by atoms with Gasteiger partial charge in [0.15, 0.2) is 11.5 Å². The summed E-state index contributed by atoms with van der Waals surface area (Å²) in [5, 5.41) is 3.33. The molecule has 1 N–H and O–H groups in total. The number of fused-ring (bicyclic) bond motifs is 1. The van der Waals surface area contributed by atoms with Crippen LogP contribution in [0, 0.1) is 0 Å². The molecular formula is C23H27ClN2O5. The number of amides is 1. The van der Waals surface area contributed by atoms with E-state index in [9.17, 15) is 4.79 Å². The number of anilines is 1. The lowest BCUT2D eigenvalue weighted by atomic mass is 10.0. The Labute approximate surface area is 187 Å². The normalized spacial score (nSPS) is 18.4. The summed E-state index contributed by atoms with van der Waals surface area (Å²) in [7, 11) is 3.07. The molecule has 0 saturated carbocycles. The Hall–Kier alpha value is -2.64. The highest BCUT2D eigenvalue weighted by molar-refractivity contribution is 6.32. The molecule has 0 unspecified atom stereocenters. The van der Waals surface area contributed by atoms with Crippen LogP contribution in [0.4, 0.5) is 5.69 Å². The van der Waals surface area contributed by atoms with Crippen molar-refractivity contribution in [2.75, 3.05) is 45.8 Å². The number of benzene rings is 2. The fourth-order valence-corrected chi connectivity index (χ4v) is 4.35. The van der Waals surface area contributed by atoms with E-state index in [-0.39, 0.29) is 18.5 Å². The van der Waals surface area contributed by atoms with Crippen molar-refractivity contribution in [3.05, 3.63) is 40.9 Å². The van der Waals surface area contributed by atoms with Gasteiger partial charge >= 0.3 is 0 Å². The Bertz CT molecular complexity index is 952. The van der Waals surface area contributed by atoms with Crippen LogP contribution in [0.1, 0.15) is 30.9 Å². The maximum atomic E-state index is 12.8. The van der Waals surface area contributed by atoms with Crippen molar-refractivity contribution >= 4 is 23.2 Å². The second-order valence-corrected chi connectivity index (χ2v) is 8.03. The molecule has 2 aliphatic heterocycles. The number of likely N-dealkylation sites (tertiary alicyclic amines) is 1. The van der Waals surface area contributed by atoms with Crippen LogP contribution in [0.2, 0.25) is 5.02 Å². The van der Waals surface area contributed by atoms with E-state index in [1.165, 1.54) is 7.11 Å². The number of halogens is 1. The molecule has 2 aliphatic rings. The standard InChI is InChI=1S/C23H27ClN2O5/c1-28-20-13-21(29-2)17(12-16(20)24)25-23(27)14-26-8-3-5-18(26)15-6-7-19-22(11-15)31-10-4-9-30-19/h6-7,11-13,18H,3-5,8-10,14H2,1-2H3,(H,25,27)/t18-/m0/s1. The van der Waals surface area contributed by atoms with Gasteiger partial charge in [0, 0.05) is 18.5 Å². The Morgan fingerprint density at radius 3 is 2.65 bits per heavy atom. The summed E-state index contributed by atoms with van der Waals surface area (Å²) in [6.07, 6.45) is 2.90. The minimum atomic E-state index is -0.124. The number of hydrogen-bond donors (Lipinski definition) is 1. The van der Waals surface area contributed by atoms with E-state index >= 15 is 0 Å². The predicted octanol–water partition coefficient (Wildman–Crippen LogP) is 4.29. The van der Waals surface area contributed by atoms with Crippen LogP contribution >= 0.6 is 11.6 Å². The highest BCUT2D eigenvalue weighted by Gasteiger charge is 2.29. The molecule has 8 heteroatoms. The van der Waals surface area contributed by atoms with Crippen LogP contribution in [-0.2, 0) is 4.79 Å². The molecule has 0 aromatic heterocycles. The van der Waals surface area contributed by atoms with Crippen molar-refractivity contribution in [2.45, 2.75) is 25.3 Å². The van der Waals surface area contributed by atoms with E-state index in [1.54, 1.807) is 19.2 Å². The van der Waals surface area contributed by atoms with Gasteiger partial charge in [0.05, 0.1) is 44.7 Å². The van der Waals surface area contributed by atoms with Gasteiger partial charge in [0.1, 0.15) is 11.5 Å². The van der Waals surface area contributed by atoms with Crippen LogP contribution in [0.25, 0.3) is 0 Å². The van der Waals surface area contributed by atoms with E-state index in [1.807, 2.05) is 12.1 Å². The number of carbonyl (C=O) groups excluding carboxylic acids is 1. The molecule has 0 spiro atoms. The molecule has 2 aromatic rings. The first-order valence-corrected chi connectivity index (χ1v) is 10.8. The number of nitrogens with one attached hydrogen (secondary N) is 1. The second kappa shape index (κ2) is 9.66. The highest BCUT2D eigenvalue weighted by Crippen LogP contribution is 2.38.